The molecule has 2 rings (SSSR count). The fourth-order valence-corrected chi connectivity index (χ4v) is 3.24. The zero-order valence-corrected chi connectivity index (χ0v) is 14.0. The maximum Gasteiger partial charge on any atom is 0.256 e. The number of hydrogen-bond acceptors (Lipinski definition) is 5. The molecule has 0 aliphatic heterocycles. The maximum atomic E-state index is 11.6. The Morgan fingerprint density at radius 1 is 1.30 bits per heavy atom. The van der Waals surface area contributed by atoms with Crippen molar-refractivity contribution in [2.24, 2.45) is 16.1 Å². The van der Waals surface area contributed by atoms with Crippen molar-refractivity contribution in [2.45, 2.75) is 37.7 Å². The third kappa shape index (κ3) is 4.18. The Morgan fingerprint density at radius 3 is 2.61 bits per heavy atom. The third-order valence-corrected chi connectivity index (χ3v) is 4.45. The lowest BCUT2D eigenvalue weighted by atomic mass is 9.73. The predicted octanol–water partition coefficient (Wildman–Crippen LogP) is 2.70. The minimum absolute atomic E-state index is 0.0943. The van der Waals surface area contributed by atoms with Gasteiger partial charge in [-0.1, -0.05) is 54.8 Å². The van der Waals surface area contributed by atoms with Gasteiger partial charge in [-0.25, -0.2) is 0 Å². The van der Waals surface area contributed by atoms with Gasteiger partial charge in [-0.3, -0.25) is 4.99 Å². The van der Waals surface area contributed by atoms with Crippen LogP contribution in [0.15, 0.2) is 40.5 Å². The zero-order chi connectivity index (χ0) is 16.5. The largest absolute Gasteiger partial charge is 0.375 e. The molecule has 2 N–H and O–H groups in total. The van der Waals surface area contributed by atoms with Crippen LogP contribution in [0.2, 0.25) is 0 Å². The van der Waals surface area contributed by atoms with E-state index in [4.69, 9.17) is 4.84 Å². The van der Waals surface area contributed by atoms with Crippen LogP contribution in [-0.2, 0) is 10.4 Å². The Kier molecular flexibility index (Phi) is 6.74. The average molecular weight is 317 g/mol. The normalized spacial score (nSPS) is 19.7. The van der Waals surface area contributed by atoms with Crippen LogP contribution in [0.1, 0.15) is 37.7 Å². The second-order valence-corrected chi connectivity index (χ2v) is 5.93. The topological polar surface area (TPSA) is 66.2 Å². The summed E-state index contributed by atoms with van der Waals surface area (Å²) in [6, 6.07) is 9.67. The van der Waals surface area contributed by atoms with E-state index in [1.807, 2.05) is 37.4 Å². The second kappa shape index (κ2) is 8.79. The van der Waals surface area contributed by atoms with Crippen LogP contribution in [-0.4, -0.2) is 37.9 Å². The number of aliphatic hydroxyl groups is 1. The van der Waals surface area contributed by atoms with Crippen LogP contribution >= 0.6 is 0 Å². The highest BCUT2D eigenvalue weighted by Crippen LogP contribution is 2.40. The van der Waals surface area contributed by atoms with Gasteiger partial charge in [0.05, 0.1) is 6.21 Å². The molecule has 1 atom stereocenters. The van der Waals surface area contributed by atoms with Gasteiger partial charge in [0.2, 0.25) is 0 Å². The van der Waals surface area contributed by atoms with E-state index in [1.54, 1.807) is 13.3 Å². The van der Waals surface area contributed by atoms with Gasteiger partial charge in [-0.05, 0) is 25.5 Å². The summed E-state index contributed by atoms with van der Waals surface area (Å²) in [5.41, 5.74) is -0.413. The molecule has 0 bridgehead atoms. The lowest BCUT2D eigenvalue weighted by Gasteiger charge is -2.37. The lowest BCUT2D eigenvalue weighted by Crippen LogP contribution is -2.44. The Morgan fingerprint density at radius 2 is 2.00 bits per heavy atom. The van der Waals surface area contributed by atoms with E-state index >= 15 is 0 Å². The van der Waals surface area contributed by atoms with Crippen molar-refractivity contribution in [1.29, 1.82) is 0 Å². The predicted molar refractivity (Wildman–Crippen MR) is 93.8 cm³/mol. The van der Waals surface area contributed by atoms with Crippen molar-refractivity contribution < 1.29 is 9.94 Å². The summed E-state index contributed by atoms with van der Waals surface area (Å²) >= 11 is 0. The van der Waals surface area contributed by atoms with Crippen molar-refractivity contribution in [3.8, 4) is 0 Å². The highest BCUT2D eigenvalue weighted by atomic mass is 16.6. The van der Waals surface area contributed by atoms with E-state index in [1.165, 1.54) is 6.42 Å². The molecule has 1 aliphatic rings. The van der Waals surface area contributed by atoms with Crippen LogP contribution in [0.3, 0.4) is 0 Å². The van der Waals surface area contributed by atoms with Gasteiger partial charge in [0, 0.05) is 19.5 Å². The van der Waals surface area contributed by atoms with E-state index in [2.05, 4.69) is 15.5 Å². The monoisotopic (exact) mass is 317 g/mol. The minimum Gasteiger partial charge on any atom is -0.375 e. The van der Waals surface area contributed by atoms with Crippen LogP contribution in [0.5, 0.6) is 0 Å². The molecular weight excluding hydrogens is 290 g/mol. The Balaban J connectivity index is 2.31. The zero-order valence-electron chi connectivity index (χ0n) is 14.0. The van der Waals surface area contributed by atoms with Crippen molar-refractivity contribution in [1.82, 2.24) is 5.32 Å². The van der Waals surface area contributed by atoms with E-state index in [-0.39, 0.29) is 11.8 Å². The summed E-state index contributed by atoms with van der Waals surface area (Å²) in [6.07, 6.45) is 7.03. The lowest BCUT2D eigenvalue weighted by molar-refractivity contribution is 0.00322. The maximum absolute atomic E-state index is 11.6. The molecule has 5 heteroatoms. The van der Waals surface area contributed by atoms with Gasteiger partial charge in [0.15, 0.2) is 5.60 Å². The summed E-state index contributed by atoms with van der Waals surface area (Å²) in [5, 5.41) is 18.5. The summed E-state index contributed by atoms with van der Waals surface area (Å²) in [5.74, 6) is 0.361. The molecule has 1 aliphatic carbocycles. The average Bonchev–Trinajstić information content (AvgIpc) is 2.63. The van der Waals surface area contributed by atoms with Crippen molar-refractivity contribution in [3.63, 3.8) is 0 Å². The number of nitrogens with zero attached hydrogens (tertiary/aromatic N) is 2. The van der Waals surface area contributed by atoms with Crippen molar-refractivity contribution >= 4 is 12.1 Å². The van der Waals surface area contributed by atoms with Gasteiger partial charge in [0.1, 0.15) is 0 Å². The SMILES string of the molecule is CN=C(O/N=C/CNC)C(O)(c1ccccc1)C1CCCCC1. The first-order valence-electron chi connectivity index (χ1n) is 8.32. The summed E-state index contributed by atoms with van der Waals surface area (Å²) in [4.78, 5) is 9.72. The van der Waals surface area contributed by atoms with Crippen LogP contribution in [0, 0.1) is 5.92 Å². The Hall–Kier alpha value is -1.72. The minimum atomic E-state index is -1.23. The van der Waals surface area contributed by atoms with Crippen LogP contribution in [0.25, 0.3) is 0 Å². The highest BCUT2D eigenvalue weighted by molar-refractivity contribution is 5.87. The second-order valence-electron chi connectivity index (χ2n) is 5.93. The molecule has 0 heterocycles. The smallest absolute Gasteiger partial charge is 0.256 e. The van der Waals surface area contributed by atoms with Crippen LogP contribution < -0.4 is 5.32 Å². The Bertz CT molecular complexity index is 524. The number of aliphatic imine (C=N–C) groups is 1. The molecule has 0 spiro atoms. The number of benzene rings is 1. The van der Waals surface area contributed by atoms with Gasteiger partial charge in [0.25, 0.3) is 5.90 Å². The molecule has 1 saturated carbocycles. The van der Waals surface area contributed by atoms with E-state index in [0.29, 0.717) is 6.54 Å². The first-order valence-corrected chi connectivity index (χ1v) is 8.32. The molecule has 0 aromatic heterocycles. The molecule has 23 heavy (non-hydrogen) atoms. The van der Waals surface area contributed by atoms with E-state index < -0.39 is 5.60 Å². The highest BCUT2D eigenvalue weighted by Gasteiger charge is 2.45. The molecule has 5 nitrogen and oxygen atoms in total. The third-order valence-electron chi connectivity index (χ3n) is 4.45. The van der Waals surface area contributed by atoms with Gasteiger partial charge in [-0.2, -0.15) is 0 Å². The molecule has 0 saturated heterocycles. The fourth-order valence-electron chi connectivity index (χ4n) is 3.24. The van der Waals surface area contributed by atoms with Gasteiger partial charge >= 0.3 is 0 Å². The number of hydrogen-bond donors (Lipinski definition) is 2. The Labute approximate surface area is 138 Å². The quantitative estimate of drug-likeness (QED) is 0.481. The first kappa shape index (κ1) is 17.6. The van der Waals surface area contributed by atoms with Crippen molar-refractivity contribution in [2.75, 3.05) is 20.6 Å². The first-order chi connectivity index (χ1) is 11.2. The van der Waals surface area contributed by atoms with Gasteiger partial charge in [-0.15, -0.1) is 0 Å². The fraction of sp³-hybridized carbons (Fsp3) is 0.556. The number of rotatable bonds is 6. The van der Waals surface area contributed by atoms with E-state index in [0.717, 1.165) is 31.2 Å². The molecule has 1 aromatic rings. The molecule has 1 fully saturated rings. The van der Waals surface area contributed by atoms with E-state index in [9.17, 15) is 5.11 Å². The summed E-state index contributed by atoms with van der Waals surface area (Å²) in [7, 11) is 3.48. The number of nitrogens with one attached hydrogen (secondary N) is 1. The standard InChI is InChI=1S/C18H27N3O2/c1-19-13-14-21-23-17(20-2)18(22,15-9-5-3-6-10-15)16-11-7-4-8-12-16/h3,5-6,9-10,14,16,19,22H,4,7-8,11-13H2,1-2H3/b20-17?,21-14+. The van der Waals surface area contributed by atoms with Crippen LogP contribution in [0.4, 0.5) is 0 Å². The summed E-state index contributed by atoms with van der Waals surface area (Å²) < 4.78 is 0. The molecule has 0 radical (unpaired) electrons. The molecule has 1 unspecified atom stereocenters. The van der Waals surface area contributed by atoms with Crippen molar-refractivity contribution in [3.05, 3.63) is 35.9 Å². The summed E-state index contributed by atoms with van der Waals surface area (Å²) in [6.45, 7) is 0.601. The molecule has 126 valence electrons. The van der Waals surface area contributed by atoms with Gasteiger partial charge < -0.3 is 15.3 Å². The molecular formula is C18H27N3O2. The molecule has 1 aromatic carbocycles. The molecule has 0 amide bonds. The number of oxime groups is 1.